The summed E-state index contributed by atoms with van der Waals surface area (Å²) in [4.78, 5) is 8.02. The summed E-state index contributed by atoms with van der Waals surface area (Å²) in [7, 11) is 0. The third-order valence-electron chi connectivity index (χ3n) is 3.63. The van der Waals surface area contributed by atoms with Crippen LogP contribution in [0.2, 0.25) is 0 Å². The first kappa shape index (κ1) is 7.74. The molecule has 3 aliphatic heterocycles. The van der Waals surface area contributed by atoms with Gasteiger partial charge in [-0.1, -0.05) is 23.4 Å². The zero-order chi connectivity index (χ0) is 9.83. The van der Waals surface area contributed by atoms with Gasteiger partial charge in [0.25, 0.3) is 0 Å². The van der Waals surface area contributed by atoms with E-state index in [1.807, 2.05) is 0 Å². The number of nitrogens with zero attached hydrogens (tertiary/aromatic N) is 2. The van der Waals surface area contributed by atoms with Gasteiger partial charge < -0.3 is 9.74 Å². The number of benzene rings is 1. The predicted molar refractivity (Wildman–Crippen MR) is 58.1 cm³/mol. The monoisotopic (exact) mass is 200 g/mol. The highest BCUT2D eigenvalue weighted by Crippen LogP contribution is 2.47. The van der Waals surface area contributed by atoms with Crippen LogP contribution >= 0.6 is 0 Å². The normalized spacial score (nSPS) is 30.7. The lowest BCUT2D eigenvalue weighted by Gasteiger charge is -2.30. The van der Waals surface area contributed by atoms with E-state index >= 15 is 0 Å². The van der Waals surface area contributed by atoms with Crippen molar-refractivity contribution in [1.29, 1.82) is 0 Å². The largest absolute Gasteiger partial charge is 0.385 e. The van der Waals surface area contributed by atoms with Gasteiger partial charge in [0.2, 0.25) is 0 Å². The third kappa shape index (κ3) is 0.838. The highest BCUT2D eigenvalue weighted by atomic mass is 16.6. The molecule has 0 spiro atoms. The number of anilines is 1. The number of hydrogen-bond acceptors (Lipinski definition) is 3. The molecule has 0 amide bonds. The van der Waals surface area contributed by atoms with E-state index in [0.717, 1.165) is 13.0 Å². The molecule has 0 radical (unpaired) electrons. The van der Waals surface area contributed by atoms with Crippen LogP contribution in [0, 0.1) is 0 Å². The van der Waals surface area contributed by atoms with Crippen molar-refractivity contribution in [3.63, 3.8) is 0 Å². The molecule has 4 rings (SSSR count). The molecule has 3 aliphatic rings. The molecule has 1 saturated heterocycles. The van der Waals surface area contributed by atoms with Crippen molar-refractivity contribution in [3.8, 4) is 0 Å². The SMILES string of the molecule is c1ccc2c(c1)[C@@H]1ON=C3CCCN2[C@@H]31. The highest BCUT2D eigenvalue weighted by Gasteiger charge is 2.48. The van der Waals surface area contributed by atoms with Gasteiger partial charge >= 0.3 is 0 Å². The van der Waals surface area contributed by atoms with Gasteiger partial charge in [-0.25, -0.2) is 0 Å². The van der Waals surface area contributed by atoms with E-state index in [0.29, 0.717) is 6.04 Å². The molecule has 3 nitrogen and oxygen atoms in total. The standard InChI is InChI=1S/C12H12N2O/c1-2-6-10-8(4-1)12-11-9(13-15-12)5-3-7-14(10)11/h1-2,4,6,11-12H,3,5,7H2/t11-,12-/m0/s1. The fraction of sp³-hybridized carbons (Fsp3) is 0.417. The average molecular weight is 200 g/mol. The Balaban J connectivity index is 1.91. The molecule has 1 fully saturated rings. The van der Waals surface area contributed by atoms with Gasteiger partial charge in [0, 0.05) is 17.8 Å². The van der Waals surface area contributed by atoms with Crippen molar-refractivity contribution in [3.05, 3.63) is 29.8 Å². The highest BCUT2D eigenvalue weighted by molar-refractivity contribution is 5.97. The zero-order valence-corrected chi connectivity index (χ0v) is 8.39. The molecule has 3 heterocycles. The summed E-state index contributed by atoms with van der Waals surface area (Å²) >= 11 is 0. The minimum absolute atomic E-state index is 0.163. The summed E-state index contributed by atoms with van der Waals surface area (Å²) in [5.41, 5.74) is 3.89. The van der Waals surface area contributed by atoms with Crippen LogP contribution in [0.5, 0.6) is 0 Å². The van der Waals surface area contributed by atoms with Crippen LogP contribution in [-0.4, -0.2) is 18.3 Å². The molecule has 0 bridgehead atoms. The summed E-state index contributed by atoms with van der Waals surface area (Å²) in [6.07, 6.45) is 2.46. The quantitative estimate of drug-likeness (QED) is 0.640. The van der Waals surface area contributed by atoms with Crippen molar-refractivity contribution in [1.82, 2.24) is 0 Å². The van der Waals surface area contributed by atoms with Crippen molar-refractivity contribution < 1.29 is 4.84 Å². The molecule has 3 heteroatoms. The average Bonchev–Trinajstić information content (AvgIpc) is 2.85. The molecular weight excluding hydrogens is 188 g/mol. The van der Waals surface area contributed by atoms with Crippen LogP contribution in [0.1, 0.15) is 24.5 Å². The first-order chi connectivity index (χ1) is 7.45. The van der Waals surface area contributed by atoms with Gasteiger partial charge in [-0.05, 0) is 18.9 Å². The number of fused-ring (bicyclic) bond motifs is 3. The number of oxime groups is 1. The van der Waals surface area contributed by atoms with Gasteiger partial charge in [0.05, 0.1) is 5.71 Å². The molecular formula is C12H12N2O. The first-order valence-corrected chi connectivity index (χ1v) is 5.53. The van der Waals surface area contributed by atoms with Crippen molar-refractivity contribution >= 4 is 11.4 Å². The number of piperidine rings is 1. The van der Waals surface area contributed by atoms with E-state index in [-0.39, 0.29) is 6.10 Å². The fourth-order valence-corrected chi connectivity index (χ4v) is 3.00. The second-order valence-corrected chi connectivity index (χ2v) is 4.41. The zero-order valence-electron chi connectivity index (χ0n) is 8.39. The van der Waals surface area contributed by atoms with Crippen LogP contribution in [0.3, 0.4) is 0 Å². The van der Waals surface area contributed by atoms with Gasteiger partial charge in [0.15, 0.2) is 6.10 Å². The molecule has 0 aromatic heterocycles. The van der Waals surface area contributed by atoms with Crippen LogP contribution in [-0.2, 0) is 4.84 Å². The van der Waals surface area contributed by atoms with Crippen LogP contribution in [0.25, 0.3) is 0 Å². The Morgan fingerprint density at radius 1 is 1.33 bits per heavy atom. The summed E-state index contributed by atoms with van der Waals surface area (Å²) < 4.78 is 0. The maximum Gasteiger partial charge on any atom is 0.180 e. The van der Waals surface area contributed by atoms with E-state index in [2.05, 4.69) is 34.3 Å². The third-order valence-corrected chi connectivity index (χ3v) is 3.63. The molecule has 0 aliphatic carbocycles. The molecule has 15 heavy (non-hydrogen) atoms. The Labute approximate surface area is 88.3 Å². The van der Waals surface area contributed by atoms with Crippen LogP contribution in [0.4, 0.5) is 5.69 Å². The van der Waals surface area contributed by atoms with Crippen molar-refractivity contribution in [2.45, 2.75) is 25.0 Å². The van der Waals surface area contributed by atoms with Crippen LogP contribution < -0.4 is 4.90 Å². The van der Waals surface area contributed by atoms with E-state index in [9.17, 15) is 0 Å². The molecule has 0 unspecified atom stereocenters. The van der Waals surface area contributed by atoms with Crippen molar-refractivity contribution in [2.24, 2.45) is 5.16 Å². The van der Waals surface area contributed by atoms with Gasteiger partial charge in [-0.15, -0.1) is 0 Å². The maximum atomic E-state index is 5.56. The lowest BCUT2D eigenvalue weighted by Crippen LogP contribution is -2.42. The molecule has 1 aromatic carbocycles. The summed E-state index contributed by atoms with van der Waals surface area (Å²) in [5.74, 6) is 0. The van der Waals surface area contributed by atoms with Gasteiger partial charge in [0.1, 0.15) is 6.04 Å². The molecule has 1 aromatic rings. The number of rotatable bonds is 0. The Kier molecular flexibility index (Phi) is 1.31. The van der Waals surface area contributed by atoms with Crippen molar-refractivity contribution in [2.75, 3.05) is 11.4 Å². The Morgan fingerprint density at radius 3 is 3.27 bits per heavy atom. The van der Waals surface area contributed by atoms with E-state index in [1.165, 1.54) is 23.4 Å². The molecule has 2 atom stereocenters. The van der Waals surface area contributed by atoms with Gasteiger partial charge in [-0.2, -0.15) is 0 Å². The fourth-order valence-electron chi connectivity index (χ4n) is 3.00. The number of para-hydroxylation sites is 1. The van der Waals surface area contributed by atoms with Crippen LogP contribution in [0.15, 0.2) is 29.4 Å². The lowest BCUT2D eigenvalue weighted by molar-refractivity contribution is 0.0826. The van der Waals surface area contributed by atoms with Gasteiger partial charge in [-0.3, -0.25) is 0 Å². The van der Waals surface area contributed by atoms with E-state index < -0.39 is 0 Å². The first-order valence-electron chi connectivity index (χ1n) is 5.53. The Bertz CT molecular complexity index is 455. The summed E-state index contributed by atoms with van der Waals surface area (Å²) in [5, 5.41) is 4.21. The number of hydrogen-bond donors (Lipinski definition) is 0. The molecule has 0 N–H and O–H groups in total. The lowest BCUT2D eigenvalue weighted by atomic mass is 9.98. The Hall–Kier alpha value is -1.51. The summed E-state index contributed by atoms with van der Waals surface area (Å²) in [6, 6.07) is 8.94. The second-order valence-electron chi connectivity index (χ2n) is 4.41. The maximum absolute atomic E-state index is 5.56. The van der Waals surface area contributed by atoms with E-state index in [4.69, 9.17) is 4.84 Å². The molecule has 0 saturated carbocycles. The smallest absolute Gasteiger partial charge is 0.180 e. The van der Waals surface area contributed by atoms with E-state index in [1.54, 1.807) is 0 Å². The minimum atomic E-state index is 0.163. The Morgan fingerprint density at radius 2 is 2.27 bits per heavy atom. The second kappa shape index (κ2) is 2.54. The minimum Gasteiger partial charge on any atom is -0.385 e. The predicted octanol–water partition coefficient (Wildman–Crippen LogP) is 2.10. The topological polar surface area (TPSA) is 24.8 Å². The molecule has 76 valence electrons. The summed E-state index contributed by atoms with van der Waals surface area (Å²) in [6.45, 7) is 1.14.